The van der Waals surface area contributed by atoms with Gasteiger partial charge >= 0.3 is 22.9 Å². The molecule has 0 spiro atoms. The molecule has 0 saturated heterocycles. The van der Waals surface area contributed by atoms with Crippen molar-refractivity contribution >= 4 is 26.0 Å². The van der Waals surface area contributed by atoms with Crippen molar-refractivity contribution in [3.05, 3.63) is 16.8 Å². The topological polar surface area (TPSA) is 111 Å². The molecule has 1 N–H and O–H groups in total. The van der Waals surface area contributed by atoms with Crippen molar-refractivity contribution in [1.82, 2.24) is 5.32 Å². The normalized spacial score (nSPS) is 14.2. The van der Waals surface area contributed by atoms with Crippen LogP contribution in [0.5, 0.6) is 0 Å². The van der Waals surface area contributed by atoms with Gasteiger partial charge in [0.25, 0.3) is 0 Å². The van der Waals surface area contributed by atoms with Gasteiger partial charge in [-0.25, -0.2) is 16.8 Å². The van der Waals surface area contributed by atoms with E-state index in [1.807, 2.05) is 0 Å². The molecule has 0 aromatic carbocycles. The molecule has 0 aliphatic heterocycles. The van der Waals surface area contributed by atoms with E-state index in [-0.39, 0.29) is 5.91 Å². The van der Waals surface area contributed by atoms with Gasteiger partial charge in [-0.3, -0.25) is 4.79 Å². The predicted octanol–water partition coefficient (Wildman–Crippen LogP) is 2.71. The summed E-state index contributed by atoms with van der Waals surface area (Å²) in [7, 11) is -8.84. The number of hydrogen-bond acceptors (Lipinski definition) is 5. The van der Waals surface area contributed by atoms with E-state index in [1.165, 1.54) is 6.08 Å². The molecule has 20 heteroatoms. The van der Waals surface area contributed by atoms with Gasteiger partial charge < -0.3 is 13.9 Å². The number of carbonyl (C=O) groups excluding carboxylic acids is 1. The molecule has 0 aliphatic carbocycles. The average Bonchev–Trinajstić information content (AvgIpc) is 2.55. The fraction of sp³-hybridized carbons (Fsp3) is 0.769. The number of rotatable bonds is 9. The first-order chi connectivity index (χ1) is 14.2. The van der Waals surface area contributed by atoms with Crippen molar-refractivity contribution in [3.8, 4) is 0 Å². The van der Waals surface area contributed by atoms with Crippen LogP contribution < -0.4 is 5.32 Å². The lowest BCUT2D eigenvalue weighted by Gasteiger charge is -2.31. The number of nitrogens with one attached hydrogen (secondary N) is 1. The van der Waals surface area contributed by atoms with E-state index >= 15 is 0 Å². The van der Waals surface area contributed by atoms with Crippen LogP contribution in [0.2, 0.25) is 0 Å². The van der Waals surface area contributed by atoms with Crippen LogP contribution in [0.25, 0.3) is 4.13 Å². The summed E-state index contributed by atoms with van der Waals surface area (Å²) in [5.74, 6) is -0.0867. The Kier molecular flexibility index (Phi) is 10.9. The van der Waals surface area contributed by atoms with E-state index in [2.05, 4.69) is 33.0 Å². The minimum Gasteiger partial charge on any atom is -0.425 e. The largest absolute Gasteiger partial charge is 0.467 e. The zero-order valence-corrected chi connectivity index (χ0v) is 18.6. The van der Waals surface area contributed by atoms with Crippen LogP contribution in [0, 0.1) is 0 Å². The SMILES string of the molecule is C=CC(=O)NCCC[N+](C)(C)C.O=S(=O)([N-]S(=O)(=O)C(F)(F)C(F)(F)F)C(F)(F)C(F)(F)F. The molecular formula is C13H19F10N3O5S2. The minimum absolute atomic E-state index is 0.0867. The second-order valence-electron chi connectivity index (χ2n) is 6.92. The molecule has 0 unspecified atom stereocenters. The highest BCUT2D eigenvalue weighted by Crippen LogP contribution is 2.47. The molecule has 0 heterocycles. The third-order valence-corrected chi connectivity index (χ3v) is 6.32. The lowest BCUT2D eigenvalue weighted by atomic mass is 10.3. The maximum Gasteiger partial charge on any atom is 0.467 e. The molecule has 0 aromatic rings. The van der Waals surface area contributed by atoms with Gasteiger partial charge in [-0.15, -0.1) is 0 Å². The Morgan fingerprint density at radius 2 is 1.18 bits per heavy atom. The van der Waals surface area contributed by atoms with E-state index in [9.17, 15) is 65.5 Å². The summed E-state index contributed by atoms with van der Waals surface area (Å²) in [4.78, 5) is 10.7. The monoisotopic (exact) mass is 551 g/mol. The number of sulfonamides is 2. The summed E-state index contributed by atoms with van der Waals surface area (Å²) in [6, 6.07) is 0. The third kappa shape index (κ3) is 9.61. The Morgan fingerprint density at radius 1 is 0.848 bits per heavy atom. The predicted molar refractivity (Wildman–Crippen MR) is 93.9 cm³/mol. The van der Waals surface area contributed by atoms with Gasteiger partial charge in [0.2, 0.25) is 5.91 Å². The zero-order chi connectivity index (χ0) is 27.3. The van der Waals surface area contributed by atoms with Crippen LogP contribution in [0.4, 0.5) is 43.9 Å². The summed E-state index contributed by atoms with van der Waals surface area (Å²) in [5.41, 5.74) is 0. The number of hydrogen-bond donors (Lipinski definition) is 1. The molecule has 0 bridgehead atoms. The van der Waals surface area contributed by atoms with Gasteiger partial charge in [-0.05, 0) is 6.08 Å². The van der Waals surface area contributed by atoms with Gasteiger partial charge in [0.15, 0.2) is 20.0 Å². The maximum absolute atomic E-state index is 12.3. The first kappa shape index (κ1) is 33.5. The molecule has 0 atom stereocenters. The van der Waals surface area contributed by atoms with Crippen molar-refractivity contribution in [2.45, 2.75) is 29.3 Å². The number of halogens is 10. The van der Waals surface area contributed by atoms with E-state index in [4.69, 9.17) is 0 Å². The highest BCUT2D eigenvalue weighted by Gasteiger charge is 2.68. The van der Waals surface area contributed by atoms with Crippen molar-refractivity contribution in [2.75, 3.05) is 34.2 Å². The smallest absolute Gasteiger partial charge is 0.425 e. The molecule has 0 fully saturated rings. The number of quaternary nitrogens is 1. The van der Waals surface area contributed by atoms with E-state index in [1.54, 1.807) is 0 Å². The quantitative estimate of drug-likeness (QED) is 0.205. The van der Waals surface area contributed by atoms with E-state index in [0.29, 0.717) is 4.13 Å². The summed E-state index contributed by atoms with van der Waals surface area (Å²) in [5, 5.41) is -11.2. The fourth-order valence-electron chi connectivity index (χ4n) is 1.35. The van der Waals surface area contributed by atoms with Crippen LogP contribution in [0.1, 0.15) is 6.42 Å². The molecule has 1 amide bonds. The Morgan fingerprint density at radius 3 is 1.42 bits per heavy atom. The molecule has 198 valence electrons. The highest BCUT2D eigenvalue weighted by molar-refractivity contribution is 8.13. The second-order valence-corrected chi connectivity index (χ2v) is 10.4. The molecular weight excluding hydrogens is 532 g/mol. The summed E-state index contributed by atoms with van der Waals surface area (Å²) < 4.78 is 162. The Bertz CT molecular complexity index is 837. The van der Waals surface area contributed by atoms with Crippen molar-refractivity contribution < 1.29 is 70.0 Å². The lowest BCUT2D eigenvalue weighted by Crippen LogP contribution is -2.48. The summed E-state index contributed by atoms with van der Waals surface area (Å²) in [6.07, 6.45) is -11.7. The fourth-order valence-corrected chi connectivity index (χ4v) is 3.72. The minimum atomic E-state index is -7.62. The van der Waals surface area contributed by atoms with Crippen molar-refractivity contribution in [2.24, 2.45) is 0 Å². The lowest BCUT2D eigenvalue weighted by molar-refractivity contribution is -0.870. The number of alkyl halides is 10. The van der Waals surface area contributed by atoms with Crippen LogP contribution in [0.15, 0.2) is 12.7 Å². The number of nitrogens with zero attached hydrogens (tertiary/aromatic N) is 2. The number of carbonyl (C=O) groups is 1. The first-order valence-corrected chi connectivity index (χ1v) is 10.9. The maximum atomic E-state index is 12.3. The summed E-state index contributed by atoms with van der Waals surface area (Å²) in [6.45, 7) is 5.18. The zero-order valence-electron chi connectivity index (χ0n) is 16.9. The van der Waals surface area contributed by atoms with Gasteiger partial charge in [0, 0.05) is 13.0 Å². The van der Waals surface area contributed by atoms with Crippen LogP contribution in [-0.4, -0.2) is 84.3 Å². The van der Waals surface area contributed by atoms with E-state index in [0.717, 1.165) is 24.0 Å². The molecule has 33 heavy (non-hydrogen) atoms. The standard InChI is InChI=1S/C9H18N2O.C4F10NO4S2/c1-5-9(12)10-7-6-8-11(2,3)4;5-1(6,7)3(11,12)20(16,17)15-21(18,19)4(13,14)2(8,9)10/h5H,1,6-8H2,2-4H3;/q;-1/p+1. The van der Waals surface area contributed by atoms with Gasteiger partial charge in [0.05, 0.1) is 27.7 Å². The molecule has 0 radical (unpaired) electrons. The van der Waals surface area contributed by atoms with Crippen molar-refractivity contribution in [1.29, 1.82) is 0 Å². The molecule has 8 nitrogen and oxygen atoms in total. The van der Waals surface area contributed by atoms with Gasteiger partial charge in [-0.2, -0.15) is 43.9 Å². The first-order valence-electron chi connectivity index (χ1n) is 7.99. The molecule has 0 aliphatic rings. The summed E-state index contributed by atoms with van der Waals surface area (Å²) >= 11 is 0. The Labute approximate surface area is 182 Å². The van der Waals surface area contributed by atoms with Crippen LogP contribution in [-0.2, 0) is 24.8 Å². The van der Waals surface area contributed by atoms with Crippen LogP contribution in [0.3, 0.4) is 0 Å². The molecule has 0 saturated carbocycles. The van der Waals surface area contributed by atoms with Crippen molar-refractivity contribution in [3.63, 3.8) is 0 Å². The average molecular weight is 551 g/mol. The highest BCUT2D eigenvalue weighted by atomic mass is 32.3. The third-order valence-electron chi connectivity index (χ3n) is 2.99. The Balaban J connectivity index is 0. The molecule has 0 rings (SSSR count). The number of amides is 1. The molecule has 0 aromatic heterocycles. The second kappa shape index (κ2) is 10.7. The van der Waals surface area contributed by atoms with E-state index < -0.39 is 42.9 Å². The van der Waals surface area contributed by atoms with Crippen LogP contribution >= 0.6 is 0 Å². The van der Waals surface area contributed by atoms with Gasteiger partial charge in [-0.1, -0.05) is 6.58 Å². The van der Waals surface area contributed by atoms with Gasteiger partial charge in [0.1, 0.15) is 0 Å². The Hall–Kier alpha value is -1.67.